The zero-order chi connectivity index (χ0) is 28.2. The van der Waals surface area contributed by atoms with Gasteiger partial charge < -0.3 is 5.11 Å². The predicted octanol–water partition coefficient (Wildman–Crippen LogP) is 9.33. The van der Waals surface area contributed by atoms with E-state index in [1.54, 1.807) is 12.1 Å². The number of benzene rings is 5. The van der Waals surface area contributed by atoms with Crippen molar-refractivity contribution in [3.63, 3.8) is 0 Å². The molecule has 0 saturated carbocycles. The molecule has 0 atom stereocenters. The third-order valence-electron chi connectivity index (χ3n) is 7.81. The molecule has 5 aromatic rings. The minimum atomic E-state index is -2.57. The first-order chi connectivity index (χ1) is 20.1. The molecule has 5 aromatic carbocycles. The summed E-state index contributed by atoms with van der Waals surface area (Å²) in [5.41, 5.74) is 11.1. The number of aromatic carboxylic acids is 1. The van der Waals surface area contributed by atoms with Gasteiger partial charge in [-0.05, 0) is 61.5 Å². The SMILES string of the molecule is C[Si]1(/C=C/c2ccc(C(=O)O)cc2)C(c2ccccc2)=C(c2ccccc2)C(c2ccccc2)=C1c1ccccc1. The molecule has 0 amide bonds. The molecular weight excluding hydrogens is 517 g/mol. The molecule has 0 fully saturated rings. The van der Waals surface area contributed by atoms with Crippen LogP contribution in [0, 0.1) is 0 Å². The summed E-state index contributed by atoms with van der Waals surface area (Å²) in [4.78, 5) is 11.4. The summed E-state index contributed by atoms with van der Waals surface area (Å²) in [6.07, 6.45) is 2.18. The number of hydrogen-bond donors (Lipinski definition) is 1. The number of rotatable bonds is 7. The molecule has 0 radical (unpaired) electrons. The van der Waals surface area contributed by atoms with Crippen molar-refractivity contribution < 1.29 is 9.90 Å². The lowest BCUT2D eigenvalue weighted by molar-refractivity contribution is 0.0697. The predicted molar refractivity (Wildman–Crippen MR) is 173 cm³/mol. The van der Waals surface area contributed by atoms with E-state index >= 15 is 0 Å². The monoisotopic (exact) mass is 546 g/mol. The first-order valence-corrected chi connectivity index (χ1v) is 16.4. The lowest BCUT2D eigenvalue weighted by Gasteiger charge is -2.28. The van der Waals surface area contributed by atoms with Crippen molar-refractivity contribution in [2.45, 2.75) is 6.55 Å². The maximum absolute atomic E-state index is 11.4. The standard InChI is InChI=1S/C38H30O2Si/c1-41(27-26-28-22-24-33(25-23-28)38(39)40)36(31-18-10-4-11-19-31)34(29-14-6-2-7-15-29)35(30-16-8-3-9-17-30)37(41)32-20-12-5-13-21-32/h2-27H,1H3,(H,39,40)/b27-26+. The molecule has 1 aliphatic heterocycles. The Labute approximate surface area is 242 Å². The van der Waals surface area contributed by atoms with Gasteiger partial charge in [0.15, 0.2) is 0 Å². The minimum Gasteiger partial charge on any atom is -0.478 e. The second-order valence-electron chi connectivity index (χ2n) is 10.4. The number of allylic oxidation sites excluding steroid dienone is 2. The Kier molecular flexibility index (Phi) is 7.20. The highest BCUT2D eigenvalue weighted by molar-refractivity contribution is 7.17. The summed E-state index contributed by atoms with van der Waals surface area (Å²) in [6, 6.07) is 50.2. The van der Waals surface area contributed by atoms with E-state index in [1.165, 1.54) is 43.8 Å². The quantitative estimate of drug-likeness (QED) is 0.207. The Hall–Kier alpha value is -4.99. The fourth-order valence-electron chi connectivity index (χ4n) is 5.95. The molecule has 198 valence electrons. The van der Waals surface area contributed by atoms with Crippen molar-refractivity contribution in [3.8, 4) is 0 Å². The lowest BCUT2D eigenvalue weighted by atomic mass is 9.89. The average molecular weight is 547 g/mol. The van der Waals surface area contributed by atoms with Crippen LogP contribution >= 0.6 is 0 Å². The van der Waals surface area contributed by atoms with Crippen LogP contribution in [-0.2, 0) is 0 Å². The Morgan fingerprint density at radius 2 is 0.902 bits per heavy atom. The van der Waals surface area contributed by atoms with Gasteiger partial charge >= 0.3 is 5.97 Å². The highest BCUT2D eigenvalue weighted by Crippen LogP contribution is 2.56. The smallest absolute Gasteiger partial charge is 0.335 e. The van der Waals surface area contributed by atoms with E-state index < -0.39 is 14.0 Å². The molecule has 3 heteroatoms. The molecule has 1 heterocycles. The summed E-state index contributed by atoms with van der Waals surface area (Å²) in [6.45, 7) is 2.44. The van der Waals surface area contributed by atoms with Gasteiger partial charge in [0.25, 0.3) is 0 Å². The summed E-state index contributed by atoms with van der Waals surface area (Å²) in [5, 5.41) is 12.1. The maximum Gasteiger partial charge on any atom is 0.335 e. The number of hydrogen-bond acceptors (Lipinski definition) is 1. The summed E-state index contributed by atoms with van der Waals surface area (Å²) in [7, 11) is -2.57. The van der Waals surface area contributed by atoms with Crippen molar-refractivity contribution >= 4 is 41.7 Å². The van der Waals surface area contributed by atoms with Crippen molar-refractivity contribution in [3.05, 3.63) is 185 Å². The number of carbonyl (C=O) groups is 1. The highest BCUT2D eigenvalue weighted by atomic mass is 28.3. The number of carboxylic acids is 1. The van der Waals surface area contributed by atoms with Crippen molar-refractivity contribution in [1.82, 2.24) is 0 Å². The van der Waals surface area contributed by atoms with Crippen LogP contribution in [-0.4, -0.2) is 19.1 Å². The van der Waals surface area contributed by atoms with Crippen LogP contribution in [0.5, 0.6) is 0 Å². The largest absolute Gasteiger partial charge is 0.478 e. The first-order valence-electron chi connectivity index (χ1n) is 13.8. The molecule has 0 aromatic heterocycles. The van der Waals surface area contributed by atoms with Gasteiger partial charge in [-0.3, -0.25) is 0 Å². The van der Waals surface area contributed by atoms with Crippen molar-refractivity contribution in [2.75, 3.05) is 0 Å². The van der Waals surface area contributed by atoms with Gasteiger partial charge in [0.05, 0.1) is 5.56 Å². The molecular formula is C38H30O2Si. The van der Waals surface area contributed by atoms with Gasteiger partial charge in [0, 0.05) is 0 Å². The third-order valence-corrected chi connectivity index (χ3v) is 11.8. The second-order valence-corrected chi connectivity index (χ2v) is 14.2. The van der Waals surface area contributed by atoms with Gasteiger partial charge in [-0.1, -0.05) is 152 Å². The first kappa shape index (κ1) is 26.2. The fraction of sp³-hybridized carbons (Fsp3) is 0.0263. The molecule has 0 aliphatic carbocycles. The van der Waals surface area contributed by atoms with Crippen LogP contribution in [0.4, 0.5) is 0 Å². The van der Waals surface area contributed by atoms with E-state index in [0.29, 0.717) is 5.56 Å². The Morgan fingerprint density at radius 3 is 1.27 bits per heavy atom. The van der Waals surface area contributed by atoms with E-state index in [2.05, 4.69) is 140 Å². The van der Waals surface area contributed by atoms with Crippen molar-refractivity contribution in [1.29, 1.82) is 0 Å². The van der Waals surface area contributed by atoms with Crippen LogP contribution < -0.4 is 0 Å². The molecule has 0 unspecified atom stereocenters. The zero-order valence-corrected chi connectivity index (χ0v) is 23.9. The molecule has 1 N–H and O–H groups in total. The van der Waals surface area contributed by atoms with Crippen LogP contribution in [0.2, 0.25) is 6.55 Å². The van der Waals surface area contributed by atoms with Crippen LogP contribution in [0.15, 0.2) is 151 Å². The Balaban J connectivity index is 1.69. The van der Waals surface area contributed by atoms with E-state index in [0.717, 1.165) is 5.56 Å². The van der Waals surface area contributed by atoms with Crippen LogP contribution in [0.3, 0.4) is 0 Å². The number of carboxylic acid groups (broad SMARTS) is 1. The molecule has 0 saturated heterocycles. The average Bonchev–Trinajstić information content (AvgIpc) is 3.31. The topological polar surface area (TPSA) is 37.3 Å². The summed E-state index contributed by atoms with van der Waals surface area (Å²) < 4.78 is 0. The van der Waals surface area contributed by atoms with Crippen LogP contribution in [0.1, 0.15) is 38.2 Å². The molecule has 0 spiro atoms. The molecule has 6 rings (SSSR count). The highest BCUT2D eigenvalue weighted by Gasteiger charge is 2.45. The molecule has 0 bridgehead atoms. The molecule has 41 heavy (non-hydrogen) atoms. The summed E-state index contributed by atoms with van der Waals surface area (Å²) >= 11 is 0. The van der Waals surface area contributed by atoms with Gasteiger partial charge in [-0.15, -0.1) is 0 Å². The van der Waals surface area contributed by atoms with E-state index in [4.69, 9.17) is 0 Å². The Bertz CT molecular complexity index is 1670. The lowest BCUT2D eigenvalue weighted by Crippen LogP contribution is -2.31. The van der Waals surface area contributed by atoms with Crippen molar-refractivity contribution in [2.24, 2.45) is 0 Å². The molecule has 1 aliphatic rings. The van der Waals surface area contributed by atoms with E-state index in [9.17, 15) is 9.90 Å². The van der Waals surface area contributed by atoms with Gasteiger partial charge in [0.2, 0.25) is 0 Å². The summed E-state index contributed by atoms with van der Waals surface area (Å²) in [5.74, 6) is -0.916. The second kappa shape index (κ2) is 11.2. The van der Waals surface area contributed by atoms with Crippen LogP contribution in [0.25, 0.3) is 27.6 Å². The van der Waals surface area contributed by atoms with E-state index in [1.807, 2.05) is 12.1 Å². The zero-order valence-electron chi connectivity index (χ0n) is 22.9. The van der Waals surface area contributed by atoms with Gasteiger partial charge in [-0.25, -0.2) is 4.79 Å². The fourth-order valence-corrected chi connectivity index (χ4v) is 10.2. The molecule has 2 nitrogen and oxygen atoms in total. The Morgan fingerprint density at radius 1 is 0.537 bits per heavy atom. The third kappa shape index (κ3) is 5.04. The maximum atomic E-state index is 11.4. The van der Waals surface area contributed by atoms with Gasteiger partial charge in [0.1, 0.15) is 8.07 Å². The normalized spacial score (nSPS) is 14.6. The van der Waals surface area contributed by atoms with E-state index in [-0.39, 0.29) is 0 Å². The van der Waals surface area contributed by atoms with Gasteiger partial charge in [-0.2, -0.15) is 0 Å². The minimum absolute atomic E-state index is 0.291.